The Labute approximate surface area is 184 Å². The maximum atomic E-state index is 12.5. The van der Waals surface area contributed by atoms with E-state index in [9.17, 15) is 13.2 Å². The Bertz CT molecular complexity index is 950. The van der Waals surface area contributed by atoms with Crippen molar-refractivity contribution >= 4 is 15.9 Å². The maximum absolute atomic E-state index is 12.5. The van der Waals surface area contributed by atoms with E-state index in [0.717, 1.165) is 12.8 Å². The first-order valence-electron chi connectivity index (χ1n) is 10.6. The zero-order valence-corrected chi connectivity index (χ0v) is 18.9. The quantitative estimate of drug-likeness (QED) is 0.567. The van der Waals surface area contributed by atoms with E-state index in [1.165, 1.54) is 9.87 Å². The van der Waals surface area contributed by atoms with Gasteiger partial charge >= 0.3 is 0 Å². The van der Waals surface area contributed by atoms with Gasteiger partial charge in [0.1, 0.15) is 18.1 Å². The van der Waals surface area contributed by atoms with Crippen LogP contribution in [0.3, 0.4) is 0 Å². The number of benzene rings is 2. The van der Waals surface area contributed by atoms with Crippen molar-refractivity contribution in [3.63, 3.8) is 0 Å². The van der Waals surface area contributed by atoms with Crippen LogP contribution >= 0.6 is 0 Å². The molecule has 2 aromatic rings. The number of rotatable bonds is 10. The van der Waals surface area contributed by atoms with Crippen LogP contribution < -0.4 is 14.8 Å². The summed E-state index contributed by atoms with van der Waals surface area (Å²) >= 11 is 0. The van der Waals surface area contributed by atoms with Crippen molar-refractivity contribution in [2.75, 3.05) is 32.8 Å². The molecular formula is C23H30N2O5S. The fraction of sp³-hybridized carbons (Fsp3) is 0.435. The molecule has 168 valence electrons. The van der Waals surface area contributed by atoms with Crippen molar-refractivity contribution in [3.05, 3.63) is 54.1 Å². The molecule has 0 atom stereocenters. The highest BCUT2D eigenvalue weighted by Crippen LogP contribution is 2.23. The molecule has 2 aromatic carbocycles. The lowest BCUT2D eigenvalue weighted by molar-refractivity contribution is -0.123. The Kier molecular flexibility index (Phi) is 7.92. The molecule has 1 N–H and O–H groups in total. The van der Waals surface area contributed by atoms with E-state index in [2.05, 4.69) is 19.2 Å². The van der Waals surface area contributed by atoms with Crippen LogP contribution in [0.2, 0.25) is 0 Å². The summed E-state index contributed by atoms with van der Waals surface area (Å²) in [5.41, 5.74) is 1.22. The first-order valence-corrected chi connectivity index (χ1v) is 12.0. The third kappa shape index (κ3) is 6.45. The largest absolute Gasteiger partial charge is 0.492 e. The van der Waals surface area contributed by atoms with Gasteiger partial charge in [0, 0.05) is 13.1 Å². The van der Waals surface area contributed by atoms with Gasteiger partial charge in [-0.2, -0.15) is 4.31 Å². The monoisotopic (exact) mass is 446 g/mol. The molecule has 0 spiro atoms. The lowest BCUT2D eigenvalue weighted by Crippen LogP contribution is -2.32. The van der Waals surface area contributed by atoms with Gasteiger partial charge in [-0.25, -0.2) is 8.42 Å². The minimum atomic E-state index is -3.42. The highest BCUT2D eigenvalue weighted by atomic mass is 32.2. The summed E-state index contributed by atoms with van der Waals surface area (Å²) in [5, 5.41) is 2.73. The SMILES string of the molecule is CC(C)c1ccc(OCC(=O)NCCOc2ccc(S(=O)(=O)N3CCCC3)cc2)cc1. The Morgan fingerprint density at radius 2 is 1.55 bits per heavy atom. The van der Waals surface area contributed by atoms with Crippen molar-refractivity contribution in [2.24, 2.45) is 0 Å². The number of ether oxygens (including phenoxy) is 2. The summed E-state index contributed by atoms with van der Waals surface area (Å²) in [5.74, 6) is 1.42. The highest BCUT2D eigenvalue weighted by molar-refractivity contribution is 7.89. The van der Waals surface area contributed by atoms with Gasteiger partial charge in [-0.15, -0.1) is 0 Å². The Balaban J connectivity index is 1.37. The molecule has 1 heterocycles. The maximum Gasteiger partial charge on any atom is 0.258 e. The molecule has 7 nitrogen and oxygen atoms in total. The number of carbonyl (C=O) groups excluding carboxylic acids is 1. The highest BCUT2D eigenvalue weighted by Gasteiger charge is 2.26. The second-order valence-electron chi connectivity index (χ2n) is 7.79. The normalized spacial score (nSPS) is 14.5. The molecule has 0 aromatic heterocycles. The van der Waals surface area contributed by atoms with Crippen LogP contribution in [0.25, 0.3) is 0 Å². The summed E-state index contributed by atoms with van der Waals surface area (Å²) in [4.78, 5) is 12.2. The fourth-order valence-electron chi connectivity index (χ4n) is 3.29. The number of sulfonamides is 1. The first-order chi connectivity index (χ1) is 14.9. The van der Waals surface area contributed by atoms with E-state index >= 15 is 0 Å². The number of hydrogen-bond acceptors (Lipinski definition) is 5. The van der Waals surface area contributed by atoms with Gasteiger partial charge in [0.05, 0.1) is 11.4 Å². The van der Waals surface area contributed by atoms with Crippen molar-refractivity contribution in [1.82, 2.24) is 9.62 Å². The summed E-state index contributed by atoms with van der Waals surface area (Å²) < 4.78 is 37.6. The molecule has 1 aliphatic heterocycles. The molecule has 1 saturated heterocycles. The van der Waals surface area contributed by atoms with E-state index in [0.29, 0.717) is 37.1 Å². The van der Waals surface area contributed by atoms with Crippen molar-refractivity contribution in [1.29, 1.82) is 0 Å². The second kappa shape index (κ2) is 10.6. The minimum Gasteiger partial charge on any atom is -0.492 e. The third-order valence-electron chi connectivity index (χ3n) is 5.14. The molecular weight excluding hydrogens is 416 g/mol. The van der Waals surface area contributed by atoms with Gasteiger partial charge in [0.25, 0.3) is 5.91 Å². The van der Waals surface area contributed by atoms with Gasteiger partial charge in [-0.1, -0.05) is 26.0 Å². The second-order valence-corrected chi connectivity index (χ2v) is 9.73. The zero-order valence-electron chi connectivity index (χ0n) is 18.0. The van der Waals surface area contributed by atoms with Crippen LogP contribution in [0, 0.1) is 0 Å². The summed E-state index contributed by atoms with van der Waals surface area (Å²) in [7, 11) is -3.42. The van der Waals surface area contributed by atoms with Gasteiger partial charge in [0.2, 0.25) is 10.0 Å². The smallest absolute Gasteiger partial charge is 0.258 e. The molecule has 31 heavy (non-hydrogen) atoms. The zero-order chi connectivity index (χ0) is 22.3. The Hall–Kier alpha value is -2.58. The van der Waals surface area contributed by atoms with Gasteiger partial charge in [-0.3, -0.25) is 4.79 Å². The van der Waals surface area contributed by atoms with Crippen LogP contribution in [-0.4, -0.2) is 51.5 Å². The summed E-state index contributed by atoms with van der Waals surface area (Å²) in [6, 6.07) is 14.1. The molecule has 0 unspecified atom stereocenters. The molecule has 0 saturated carbocycles. The average molecular weight is 447 g/mol. The van der Waals surface area contributed by atoms with Crippen molar-refractivity contribution in [3.8, 4) is 11.5 Å². The van der Waals surface area contributed by atoms with E-state index < -0.39 is 10.0 Å². The van der Waals surface area contributed by atoms with Crippen LogP contribution in [-0.2, 0) is 14.8 Å². The van der Waals surface area contributed by atoms with Gasteiger partial charge in [0.15, 0.2) is 6.61 Å². The first kappa shape index (κ1) is 23.1. The number of carbonyl (C=O) groups is 1. The number of nitrogens with zero attached hydrogens (tertiary/aromatic N) is 1. The topological polar surface area (TPSA) is 84.9 Å². The van der Waals surface area contributed by atoms with Crippen LogP contribution in [0.15, 0.2) is 53.4 Å². The van der Waals surface area contributed by atoms with Crippen LogP contribution in [0.5, 0.6) is 11.5 Å². The Morgan fingerprint density at radius 1 is 0.968 bits per heavy atom. The number of amides is 1. The van der Waals surface area contributed by atoms with E-state index in [4.69, 9.17) is 9.47 Å². The third-order valence-corrected chi connectivity index (χ3v) is 7.05. The molecule has 8 heteroatoms. The molecule has 1 fully saturated rings. The van der Waals surface area contributed by atoms with E-state index in [-0.39, 0.29) is 24.0 Å². The number of nitrogens with one attached hydrogen (secondary N) is 1. The molecule has 0 radical (unpaired) electrons. The predicted molar refractivity (Wildman–Crippen MR) is 119 cm³/mol. The van der Waals surface area contributed by atoms with Gasteiger partial charge < -0.3 is 14.8 Å². The lowest BCUT2D eigenvalue weighted by atomic mass is 10.0. The van der Waals surface area contributed by atoms with Crippen LogP contribution in [0.4, 0.5) is 0 Å². The summed E-state index contributed by atoms with van der Waals surface area (Å²) in [6.07, 6.45) is 1.81. The van der Waals surface area contributed by atoms with E-state index in [1.54, 1.807) is 24.3 Å². The van der Waals surface area contributed by atoms with E-state index in [1.807, 2.05) is 24.3 Å². The number of hydrogen-bond donors (Lipinski definition) is 1. The standard InChI is InChI=1S/C23H30N2O5S/c1-18(2)19-5-7-21(8-6-19)30-17-23(26)24-13-16-29-20-9-11-22(12-10-20)31(27,28)25-14-3-4-15-25/h5-12,18H,3-4,13-17H2,1-2H3,(H,24,26). The average Bonchev–Trinajstić information content (AvgIpc) is 3.32. The van der Waals surface area contributed by atoms with Gasteiger partial charge in [-0.05, 0) is 60.7 Å². The molecule has 3 rings (SSSR count). The van der Waals surface area contributed by atoms with Crippen molar-refractivity contribution in [2.45, 2.75) is 37.5 Å². The molecule has 0 bridgehead atoms. The van der Waals surface area contributed by atoms with Crippen molar-refractivity contribution < 1.29 is 22.7 Å². The molecule has 0 aliphatic carbocycles. The minimum absolute atomic E-state index is 0.0654. The molecule has 1 amide bonds. The fourth-order valence-corrected chi connectivity index (χ4v) is 4.81. The van der Waals surface area contributed by atoms with Crippen LogP contribution in [0.1, 0.15) is 38.2 Å². The predicted octanol–water partition coefficient (Wildman–Crippen LogP) is 3.17. The molecule has 1 aliphatic rings. The summed E-state index contributed by atoms with van der Waals surface area (Å²) in [6.45, 7) is 5.92. The Morgan fingerprint density at radius 3 is 2.16 bits per heavy atom. The lowest BCUT2D eigenvalue weighted by Gasteiger charge is -2.15.